The molecule has 0 heterocycles. The SMILES string of the molecule is O=CC/C=C/c1ccccc1F. The number of aldehydes is 1. The minimum Gasteiger partial charge on any atom is -0.303 e. The Kier molecular flexibility index (Phi) is 3.20. The molecular formula is C10H9FO. The summed E-state index contributed by atoms with van der Waals surface area (Å²) < 4.78 is 12.9. The van der Waals surface area contributed by atoms with Crippen molar-refractivity contribution in [3.8, 4) is 0 Å². The van der Waals surface area contributed by atoms with Gasteiger partial charge in [-0.3, -0.25) is 0 Å². The summed E-state index contributed by atoms with van der Waals surface area (Å²) in [5.41, 5.74) is 0.513. The maximum Gasteiger partial charge on any atom is 0.130 e. The average Bonchev–Trinajstić information content (AvgIpc) is 2.09. The van der Waals surface area contributed by atoms with Crippen molar-refractivity contribution in [3.63, 3.8) is 0 Å². The zero-order chi connectivity index (χ0) is 8.81. The fourth-order valence-corrected chi connectivity index (χ4v) is 0.861. The van der Waals surface area contributed by atoms with Gasteiger partial charge in [0.25, 0.3) is 0 Å². The Balaban J connectivity index is 2.74. The molecule has 0 aliphatic heterocycles. The summed E-state index contributed by atoms with van der Waals surface area (Å²) in [6, 6.07) is 6.44. The Bertz CT molecular complexity index is 292. The Hall–Kier alpha value is -1.44. The highest BCUT2D eigenvalue weighted by atomic mass is 19.1. The molecule has 0 saturated heterocycles. The van der Waals surface area contributed by atoms with Gasteiger partial charge in [-0.2, -0.15) is 0 Å². The van der Waals surface area contributed by atoms with E-state index in [1.165, 1.54) is 6.07 Å². The number of carbonyl (C=O) groups excluding carboxylic acids is 1. The van der Waals surface area contributed by atoms with Gasteiger partial charge in [-0.15, -0.1) is 0 Å². The molecule has 1 nitrogen and oxygen atoms in total. The molecule has 0 amide bonds. The number of rotatable bonds is 3. The first kappa shape index (κ1) is 8.65. The van der Waals surface area contributed by atoms with Crippen LogP contribution in [0.15, 0.2) is 30.3 Å². The van der Waals surface area contributed by atoms with E-state index in [2.05, 4.69) is 0 Å². The third-order valence-corrected chi connectivity index (χ3v) is 1.43. The first-order valence-electron chi connectivity index (χ1n) is 3.69. The van der Waals surface area contributed by atoms with Crippen LogP contribution in [0.5, 0.6) is 0 Å². The van der Waals surface area contributed by atoms with Gasteiger partial charge in [-0.05, 0) is 6.07 Å². The van der Waals surface area contributed by atoms with Gasteiger partial charge in [0, 0.05) is 12.0 Å². The van der Waals surface area contributed by atoms with E-state index in [9.17, 15) is 9.18 Å². The lowest BCUT2D eigenvalue weighted by Gasteiger charge is -1.93. The van der Waals surface area contributed by atoms with E-state index in [1.807, 2.05) is 0 Å². The van der Waals surface area contributed by atoms with E-state index >= 15 is 0 Å². The minimum atomic E-state index is -0.264. The third-order valence-electron chi connectivity index (χ3n) is 1.43. The van der Waals surface area contributed by atoms with Crippen molar-refractivity contribution in [3.05, 3.63) is 41.7 Å². The Labute approximate surface area is 70.5 Å². The zero-order valence-electron chi connectivity index (χ0n) is 6.53. The second kappa shape index (κ2) is 4.44. The van der Waals surface area contributed by atoms with Gasteiger partial charge in [0.05, 0.1) is 0 Å². The van der Waals surface area contributed by atoms with Crippen LogP contribution in [0, 0.1) is 5.82 Å². The van der Waals surface area contributed by atoms with Crippen LogP contribution >= 0.6 is 0 Å². The van der Waals surface area contributed by atoms with E-state index in [4.69, 9.17) is 0 Å². The van der Waals surface area contributed by atoms with Gasteiger partial charge in [0.1, 0.15) is 12.1 Å². The van der Waals surface area contributed by atoms with Crippen LogP contribution in [0.1, 0.15) is 12.0 Å². The number of halogens is 1. The quantitative estimate of drug-likeness (QED) is 0.627. The van der Waals surface area contributed by atoms with Gasteiger partial charge in [0.15, 0.2) is 0 Å². The fourth-order valence-electron chi connectivity index (χ4n) is 0.861. The summed E-state index contributed by atoms with van der Waals surface area (Å²) in [5, 5.41) is 0. The molecule has 0 aromatic heterocycles. The normalized spacial score (nSPS) is 10.4. The number of carbonyl (C=O) groups is 1. The summed E-state index contributed by atoms with van der Waals surface area (Å²) in [6.07, 6.45) is 4.33. The lowest BCUT2D eigenvalue weighted by Crippen LogP contribution is -1.79. The fraction of sp³-hybridized carbons (Fsp3) is 0.100. The topological polar surface area (TPSA) is 17.1 Å². The van der Waals surface area contributed by atoms with E-state index in [1.54, 1.807) is 30.4 Å². The molecule has 0 atom stereocenters. The van der Waals surface area contributed by atoms with E-state index in [0.717, 1.165) is 6.29 Å². The molecule has 0 unspecified atom stereocenters. The van der Waals surface area contributed by atoms with E-state index in [0.29, 0.717) is 12.0 Å². The van der Waals surface area contributed by atoms with Gasteiger partial charge in [0.2, 0.25) is 0 Å². The van der Waals surface area contributed by atoms with Crippen LogP contribution in [0.4, 0.5) is 4.39 Å². The standard InChI is InChI=1S/C10H9FO/c11-10-7-2-1-5-9(10)6-3-4-8-12/h1-3,5-8H,4H2/b6-3+. The summed E-state index contributed by atoms with van der Waals surface area (Å²) >= 11 is 0. The molecule has 0 N–H and O–H groups in total. The molecule has 0 aliphatic carbocycles. The first-order valence-corrected chi connectivity index (χ1v) is 3.69. The monoisotopic (exact) mass is 164 g/mol. The molecule has 0 radical (unpaired) electrons. The first-order chi connectivity index (χ1) is 5.84. The number of hydrogen-bond donors (Lipinski definition) is 0. The van der Waals surface area contributed by atoms with Crippen LogP contribution in [0.3, 0.4) is 0 Å². The number of hydrogen-bond acceptors (Lipinski definition) is 1. The maximum absolute atomic E-state index is 12.9. The highest BCUT2D eigenvalue weighted by molar-refractivity contribution is 5.58. The van der Waals surface area contributed by atoms with Crippen molar-refractivity contribution in [1.29, 1.82) is 0 Å². The molecule has 1 aromatic carbocycles. The molecule has 1 rings (SSSR count). The van der Waals surface area contributed by atoms with Crippen LogP contribution in [-0.2, 0) is 4.79 Å². The van der Waals surface area contributed by atoms with Crippen LogP contribution < -0.4 is 0 Å². The molecule has 1 aromatic rings. The summed E-state index contributed by atoms with van der Waals surface area (Å²) in [4.78, 5) is 9.93. The highest BCUT2D eigenvalue weighted by Gasteiger charge is 1.93. The van der Waals surface area contributed by atoms with Crippen molar-refractivity contribution >= 4 is 12.4 Å². The van der Waals surface area contributed by atoms with E-state index in [-0.39, 0.29) is 5.82 Å². The molecule has 0 spiro atoms. The van der Waals surface area contributed by atoms with Gasteiger partial charge >= 0.3 is 0 Å². The van der Waals surface area contributed by atoms with Crippen LogP contribution in [0.25, 0.3) is 6.08 Å². The molecule has 62 valence electrons. The lowest BCUT2D eigenvalue weighted by atomic mass is 10.2. The number of allylic oxidation sites excluding steroid dienone is 1. The number of benzene rings is 1. The van der Waals surface area contributed by atoms with Crippen LogP contribution in [0.2, 0.25) is 0 Å². The molecule has 0 saturated carbocycles. The van der Waals surface area contributed by atoms with Gasteiger partial charge in [-0.1, -0.05) is 30.4 Å². The van der Waals surface area contributed by atoms with Crippen molar-refractivity contribution in [2.45, 2.75) is 6.42 Å². The summed E-state index contributed by atoms with van der Waals surface area (Å²) in [7, 11) is 0. The smallest absolute Gasteiger partial charge is 0.130 e. The third kappa shape index (κ3) is 2.31. The Morgan fingerprint density at radius 1 is 1.33 bits per heavy atom. The lowest BCUT2D eigenvalue weighted by molar-refractivity contribution is -0.107. The molecule has 0 aliphatic rings. The predicted molar refractivity (Wildman–Crippen MR) is 46.1 cm³/mol. The highest BCUT2D eigenvalue weighted by Crippen LogP contribution is 2.07. The Morgan fingerprint density at radius 2 is 2.08 bits per heavy atom. The maximum atomic E-state index is 12.9. The summed E-state index contributed by atoms with van der Waals surface area (Å²) in [5.74, 6) is -0.264. The second-order valence-corrected chi connectivity index (χ2v) is 2.33. The molecule has 2 heteroatoms. The second-order valence-electron chi connectivity index (χ2n) is 2.33. The van der Waals surface area contributed by atoms with Crippen molar-refractivity contribution < 1.29 is 9.18 Å². The van der Waals surface area contributed by atoms with Gasteiger partial charge < -0.3 is 4.79 Å². The molecule has 0 bridgehead atoms. The van der Waals surface area contributed by atoms with Crippen molar-refractivity contribution in [2.24, 2.45) is 0 Å². The van der Waals surface area contributed by atoms with Crippen molar-refractivity contribution in [1.82, 2.24) is 0 Å². The van der Waals surface area contributed by atoms with Crippen LogP contribution in [-0.4, -0.2) is 6.29 Å². The average molecular weight is 164 g/mol. The minimum absolute atomic E-state index is 0.264. The molecule has 12 heavy (non-hydrogen) atoms. The Morgan fingerprint density at radius 3 is 2.75 bits per heavy atom. The van der Waals surface area contributed by atoms with Gasteiger partial charge in [-0.25, -0.2) is 4.39 Å². The molecule has 0 fully saturated rings. The largest absolute Gasteiger partial charge is 0.303 e. The molecular weight excluding hydrogens is 155 g/mol. The van der Waals surface area contributed by atoms with Crippen molar-refractivity contribution in [2.75, 3.05) is 0 Å². The summed E-state index contributed by atoms with van der Waals surface area (Å²) in [6.45, 7) is 0. The van der Waals surface area contributed by atoms with E-state index < -0.39 is 0 Å². The zero-order valence-corrected chi connectivity index (χ0v) is 6.53. The predicted octanol–water partition coefficient (Wildman–Crippen LogP) is 2.43.